The van der Waals surface area contributed by atoms with Gasteiger partial charge in [-0.2, -0.15) is 0 Å². The highest BCUT2D eigenvalue weighted by Crippen LogP contribution is 2.56. The Morgan fingerprint density at radius 2 is 0.667 bits per heavy atom. The zero-order chi connectivity index (χ0) is 70.4. The van der Waals surface area contributed by atoms with Crippen LogP contribution >= 0.6 is 45.3 Å². The Hall–Kier alpha value is -12.7. The lowest BCUT2D eigenvalue weighted by Gasteiger charge is -2.47. The van der Waals surface area contributed by atoms with E-state index in [9.17, 15) is 0 Å². The van der Waals surface area contributed by atoms with E-state index in [1.165, 1.54) is 103 Å². The minimum atomic E-state index is -0.247. The maximum Gasteiger partial charge on any atom is 0.256 e. The van der Waals surface area contributed by atoms with Gasteiger partial charge >= 0.3 is 0 Å². The van der Waals surface area contributed by atoms with Crippen molar-refractivity contribution in [2.75, 3.05) is 24.5 Å². The summed E-state index contributed by atoms with van der Waals surface area (Å²) in [5, 5.41) is 9.92. The van der Waals surface area contributed by atoms with Crippen molar-refractivity contribution in [1.82, 2.24) is 0 Å². The van der Waals surface area contributed by atoms with Crippen molar-refractivity contribution >= 4 is 258 Å². The van der Waals surface area contributed by atoms with Crippen molar-refractivity contribution in [1.29, 1.82) is 0 Å². The molecule has 0 radical (unpaired) electrons. The van der Waals surface area contributed by atoms with Crippen LogP contribution in [0.25, 0.3) is 80.7 Å². The molecule has 0 bridgehead atoms. The maximum atomic E-state index is 7.59. The molecule has 4 aliphatic rings. The molecule has 0 aliphatic carbocycles. The third kappa shape index (κ3) is 8.76. The van der Waals surface area contributed by atoms with E-state index in [0.29, 0.717) is 0 Å². The second-order valence-electron chi connectivity index (χ2n) is 28.5. The molecule has 0 N–H and O–H groups in total. The number of rotatable bonds is 9. The van der Waals surface area contributed by atoms with Crippen molar-refractivity contribution in [3.05, 3.63) is 346 Å². The van der Waals surface area contributed by atoms with Crippen LogP contribution in [0.15, 0.2) is 346 Å². The van der Waals surface area contributed by atoms with Gasteiger partial charge in [0.2, 0.25) is 0 Å². The van der Waals surface area contributed by atoms with Crippen LogP contribution in [0.2, 0.25) is 0 Å². The number of benzene rings is 16. The fourth-order valence-corrected chi connectivity index (χ4v) is 23.1. The number of ether oxygens (including phenoxy) is 1. The zero-order valence-electron chi connectivity index (χ0n) is 57.8. The number of fused-ring (bicyclic) bond motifs is 20. The van der Waals surface area contributed by atoms with Gasteiger partial charge in [-0.25, -0.2) is 0 Å². The molecule has 4 aromatic heterocycles. The number of thiophene rings is 4. The summed E-state index contributed by atoms with van der Waals surface area (Å²) < 4.78 is 17.6. The van der Waals surface area contributed by atoms with E-state index in [0.717, 1.165) is 108 Å². The summed E-state index contributed by atoms with van der Waals surface area (Å²) in [6.07, 6.45) is 0. The molecular weight excluding hydrogens is 1390 g/mol. The van der Waals surface area contributed by atoms with Crippen LogP contribution in [-0.2, 0) is 0 Å². The van der Waals surface area contributed by atoms with E-state index in [-0.39, 0.29) is 13.4 Å². The first-order chi connectivity index (χ1) is 53.6. The molecule has 24 rings (SSSR count). The molecule has 4 aliphatic heterocycles. The lowest BCUT2D eigenvalue weighted by Crippen LogP contribution is -2.64. The van der Waals surface area contributed by atoms with Gasteiger partial charge in [-0.3, -0.25) is 0 Å². The molecule has 502 valence electrons. The fourth-order valence-electron chi connectivity index (χ4n) is 18.5. The molecule has 6 nitrogen and oxygen atoms in total. The second kappa shape index (κ2) is 23.4. The Balaban J connectivity index is 0.829. The van der Waals surface area contributed by atoms with Crippen molar-refractivity contribution in [2.24, 2.45) is 0 Å². The first kappa shape index (κ1) is 60.6. The Morgan fingerprint density at radius 3 is 1.31 bits per heavy atom. The van der Waals surface area contributed by atoms with Crippen LogP contribution in [0.5, 0.6) is 11.5 Å². The molecule has 0 spiro atoms. The minimum absolute atomic E-state index is 0.239. The van der Waals surface area contributed by atoms with Gasteiger partial charge < -0.3 is 29.2 Å². The summed E-state index contributed by atoms with van der Waals surface area (Å²) in [5.74, 6) is 1.69. The van der Waals surface area contributed by atoms with Crippen molar-refractivity contribution in [3.8, 4) is 11.5 Å². The van der Waals surface area contributed by atoms with E-state index in [2.05, 4.69) is 370 Å². The first-order valence-corrected chi connectivity index (χ1v) is 40.0. The Bertz CT molecular complexity index is 7200. The van der Waals surface area contributed by atoms with E-state index in [1.54, 1.807) is 0 Å². The minimum Gasteiger partial charge on any atom is -0.458 e. The summed E-state index contributed by atoms with van der Waals surface area (Å²) in [7, 11) is 0. The third-order valence-corrected chi connectivity index (χ3v) is 27.4. The van der Waals surface area contributed by atoms with Crippen LogP contribution in [0.3, 0.4) is 0 Å². The van der Waals surface area contributed by atoms with Crippen LogP contribution in [0, 0.1) is 0 Å². The number of anilines is 15. The van der Waals surface area contributed by atoms with Gasteiger partial charge in [0, 0.05) is 133 Å². The van der Waals surface area contributed by atoms with E-state index in [1.807, 2.05) is 45.3 Å². The average Bonchev–Trinajstić information content (AvgIpc) is 0.730. The normalized spacial score (nSPS) is 13.2. The van der Waals surface area contributed by atoms with Gasteiger partial charge in [0.05, 0.1) is 38.8 Å². The third-order valence-electron chi connectivity index (χ3n) is 22.8. The fraction of sp³-hybridized carbons (Fsp3) is 0. The van der Waals surface area contributed by atoms with Gasteiger partial charge in [-0.15, -0.1) is 45.3 Å². The molecule has 0 saturated heterocycles. The van der Waals surface area contributed by atoms with E-state index < -0.39 is 0 Å². The maximum absolute atomic E-state index is 7.59. The smallest absolute Gasteiger partial charge is 0.256 e. The summed E-state index contributed by atoms with van der Waals surface area (Å²) >= 11 is 7.45. The predicted molar refractivity (Wildman–Crippen MR) is 467 cm³/mol. The van der Waals surface area contributed by atoms with Gasteiger partial charge in [0.25, 0.3) is 13.4 Å². The largest absolute Gasteiger partial charge is 0.458 e. The highest BCUT2D eigenvalue weighted by atomic mass is 32.1. The molecule has 0 atom stereocenters. The molecular formula is C96H57B2N5OS4. The number of hydrogen-bond acceptors (Lipinski definition) is 10. The lowest BCUT2D eigenvalue weighted by atomic mass is 9.30. The highest BCUT2D eigenvalue weighted by Gasteiger charge is 2.49. The first-order valence-electron chi connectivity index (χ1n) is 36.8. The standard InChI is InChI=1S/C96H57B2N5OS4/c1-4-26-58(27-5-1)99(73-40-23-49-88-91(73)65-33-11-19-46-85(65)105-88)61-52-79-94-80(53-61)102(74-41-24-50-89-92(74)66-34-12-20-47-86(66)106-89)72-39-16-14-37-68(72)97(94)70-56-71-78(57-77(70)101(79)60-30-8-3-9-31-60)103(75-42-25-51-90-93(75)67-35-13-21-48-87(67)107-90)81-54-62(55-83-95(81)98(71)69-38-15-17-44-82(69)104-83)100(59-28-6-2-7-29-59)76-43-22-36-64-63-32-10-18-45-84(63)108-96(64)76/h1-57H. The molecule has 0 amide bonds. The van der Waals surface area contributed by atoms with Crippen LogP contribution in [-0.4, -0.2) is 13.4 Å². The molecule has 12 heteroatoms. The number of para-hydroxylation sites is 5. The second-order valence-corrected chi connectivity index (χ2v) is 32.8. The zero-order valence-corrected chi connectivity index (χ0v) is 61.1. The van der Waals surface area contributed by atoms with Gasteiger partial charge in [0.1, 0.15) is 11.5 Å². The van der Waals surface area contributed by atoms with Crippen molar-refractivity contribution < 1.29 is 4.74 Å². The Morgan fingerprint density at radius 1 is 0.241 bits per heavy atom. The summed E-state index contributed by atoms with van der Waals surface area (Å²) in [4.78, 5) is 12.9. The quantitative estimate of drug-likeness (QED) is 0.134. The van der Waals surface area contributed by atoms with Crippen LogP contribution in [0.1, 0.15) is 0 Å². The van der Waals surface area contributed by atoms with Gasteiger partial charge in [0.15, 0.2) is 0 Å². The molecule has 0 unspecified atom stereocenters. The molecule has 16 aromatic carbocycles. The summed E-state index contributed by atoms with van der Waals surface area (Å²) in [5.41, 5.74) is 23.6. The van der Waals surface area contributed by atoms with Gasteiger partial charge in [-0.05, 0) is 172 Å². The average molecular weight is 1450 g/mol. The number of hydrogen-bond donors (Lipinski definition) is 0. The molecule has 8 heterocycles. The molecule has 20 aromatic rings. The van der Waals surface area contributed by atoms with E-state index >= 15 is 0 Å². The lowest BCUT2D eigenvalue weighted by molar-refractivity contribution is 0.487. The summed E-state index contributed by atoms with van der Waals surface area (Å²) in [6, 6.07) is 130. The topological polar surface area (TPSA) is 25.4 Å². The predicted octanol–water partition coefficient (Wildman–Crippen LogP) is 24.6. The highest BCUT2D eigenvalue weighted by molar-refractivity contribution is 7.27. The van der Waals surface area contributed by atoms with Crippen molar-refractivity contribution in [2.45, 2.75) is 0 Å². The Kier molecular flexibility index (Phi) is 13.1. The SMILES string of the molecule is c1ccc(N2c3cc4c(cc3B3c5ccccc5N(c5cccc6sc7ccccc7c56)c5cc(N(c6ccccc6)c6cccc7sc8ccccc8c67)cc2c53)B2c3ccccc3Oc3cc(N(c5ccccc5)c5cccc6c5sc5ccccc56)cc(c32)N4c2cccc3sc4ccccc4c23)cc1. The molecule has 0 saturated carbocycles. The monoisotopic (exact) mass is 1450 g/mol. The van der Waals surface area contributed by atoms with E-state index in [4.69, 9.17) is 4.74 Å². The van der Waals surface area contributed by atoms with Gasteiger partial charge in [-0.1, -0.05) is 200 Å². The van der Waals surface area contributed by atoms with Crippen LogP contribution in [0.4, 0.5) is 85.3 Å². The van der Waals surface area contributed by atoms with Crippen LogP contribution < -0.4 is 62.0 Å². The number of nitrogens with zero attached hydrogens (tertiary/aromatic N) is 5. The molecule has 108 heavy (non-hydrogen) atoms. The molecule has 0 fully saturated rings. The Labute approximate surface area is 639 Å². The van der Waals surface area contributed by atoms with Crippen molar-refractivity contribution in [3.63, 3.8) is 0 Å². The summed E-state index contributed by atoms with van der Waals surface area (Å²) in [6.45, 7) is -0.486.